The molecule has 0 heterocycles. The molecule has 0 saturated heterocycles. The van der Waals surface area contributed by atoms with Crippen LogP contribution in [0.1, 0.15) is 37.7 Å². The smallest absolute Gasteiger partial charge is 0.314 e. The number of ether oxygens (including phenoxy) is 2. The summed E-state index contributed by atoms with van der Waals surface area (Å²) in [6.45, 7) is 1.98. The normalized spacial score (nSPS) is 16.3. The fraction of sp³-hybridized carbons (Fsp3) is 0.533. The molecule has 0 spiro atoms. The zero-order valence-electron chi connectivity index (χ0n) is 11.1. The van der Waals surface area contributed by atoms with E-state index in [4.69, 9.17) is 9.47 Å². The molecule has 0 atom stereocenters. The van der Waals surface area contributed by atoms with E-state index in [0.717, 1.165) is 31.2 Å². The summed E-state index contributed by atoms with van der Waals surface area (Å²) in [5.74, 6) is 1.10. The molecule has 98 valence electrons. The average molecular weight is 248 g/mol. The van der Waals surface area contributed by atoms with Gasteiger partial charge in [0.1, 0.15) is 0 Å². The highest BCUT2D eigenvalue weighted by Gasteiger charge is 2.23. The van der Waals surface area contributed by atoms with E-state index in [1.165, 1.54) is 6.42 Å². The summed E-state index contributed by atoms with van der Waals surface area (Å²) in [5.41, 5.74) is 1.09. The highest BCUT2D eigenvalue weighted by atomic mass is 16.6. The van der Waals surface area contributed by atoms with E-state index in [-0.39, 0.29) is 11.9 Å². The van der Waals surface area contributed by atoms with Gasteiger partial charge in [0.2, 0.25) is 0 Å². The van der Waals surface area contributed by atoms with Crippen molar-refractivity contribution < 1.29 is 14.3 Å². The minimum atomic E-state index is -0.114. The van der Waals surface area contributed by atoms with E-state index < -0.39 is 0 Å². The third kappa shape index (κ3) is 3.03. The van der Waals surface area contributed by atoms with Crippen molar-refractivity contribution in [2.75, 3.05) is 7.11 Å². The van der Waals surface area contributed by atoms with Crippen LogP contribution in [0.25, 0.3) is 0 Å². The molecule has 0 unspecified atom stereocenters. The molecule has 0 amide bonds. The number of methoxy groups -OCH3 is 1. The second kappa shape index (κ2) is 5.89. The average Bonchev–Trinajstić information content (AvgIpc) is 2.41. The first kappa shape index (κ1) is 12.9. The Morgan fingerprint density at radius 3 is 2.56 bits per heavy atom. The van der Waals surface area contributed by atoms with Crippen LogP contribution in [-0.2, 0) is 4.79 Å². The molecule has 1 aliphatic carbocycles. The highest BCUT2D eigenvalue weighted by Crippen LogP contribution is 2.31. The van der Waals surface area contributed by atoms with Crippen molar-refractivity contribution in [3.8, 4) is 11.5 Å². The Balaban J connectivity index is 2.06. The third-order valence-corrected chi connectivity index (χ3v) is 3.47. The highest BCUT2D eigenvalue weighted by molar-refractivity contribution is 5.76. The van der Waals surface area contributed by atoms with Crippen LogP contribution in [0.3, 0.4) is 0 Å². The second-order valence-electron chi connectivity index (χ2n) is 4.91. The molecule has 1 aromatic rings. The number of carbonyl (C=O) groups is 1. The van der Waals surface area contributed by atoms with Crippen molar-refractivity contribution in [1.82, 2.24) is 0 Å². The van der Waals surface area contributed by atoms with Gasteiger partial charge in [-0.15, -0.1) is 0 Å². The number of hydrogen-bond acceptors (Lipinski definition) is 3. The van der Waals surface area contributed by atoms with E-state index in [1.807, 2.05) is 19.1 Å². The van der Waals surface area contributed by atoms with Gasteiger partial charge >= 0.3 is 5.97 Å². The molecule has 0 aromatic heterocycles. The molecule has 0 bridgehead atoms. The minimum absolute atomic E-state index is 0.0600. The van der Waals surface area contributed by atoms with Crippen molar-refractivity contribution in [2.24, 2.45) is 5.92 Å². The molecule has 1 saturated carbocycles. The maximum absolute atomic E-state index is 12.0. The molecule has 3 nitrogen and oxygen atoms in total. The van der Waals surface area contributed by atoms with Crippen LogP contribution in [0.15, 0.2) is 18.2 Å². The van der Waals surface area contributed by atoms with Crippen LogP contribution >= 0.6 is 0 Å². The number of benzene rings is 1. The van der Waals surface area contributed by atoms with Gasteiger partial charge in [0.15, 0.2) is 11.5 Å². The van der Waals surface area contributed by atoms with Crippen LogP contribution in [0.2, 0.25) is 0 Å². The van der Waals surface area contributed by atoms with Gasteiger partial charge in [-0.3, -0.25) is 4.79 Å². The predicted molar refractivity (Wildman–Crippen MR) is 69.9 cm³/mol. The molecular formula is C15H20O3. The Kier molecular flexibility index (Phi) is 4.24. The van der Waals surface area contributed by atoms with E-state index in [9.17, 15) is 4.79 Å². The zero-order chi connectivity index (χ0) is 13.0. The minimum Gasteiger partial charge on any atom is -0.493 e. The molecule has 0 aliphatic heterocycles. The first-order chi connectivity index (χ1) is 8.70. The van der Waals surface area contributed by atoms with Gasteiger partial charge in [0, 0.05) is 0 Å². The summed E-state index contributed by atoms with van der Waals surface area (Å²) in [5, 5.41) is 0. The van der Waals surface area contributed by atoms with E-state index in [0.29, 0.717) is 11.5 Å². The predicted octanol–water partition coefficient (Wildman–Crippen LogP) is 3.49. The lowest BCUT2D eigenvalue weighted by atomic mass is 9.89. The van der Waals surface area contributed by atoms with Crippen LogP contribution < -0.4 is 9.47 Å². The topological polar surface area (TPSA) is 35.5 Å². The molecule has 1 aromatic carbocycles. The zero-order valence-corrected chi connectivity index (χ0v) is 11.1. The van der Waals surface area contributed by atoms with E-state index in [1.54, 1.807) is 13.2 Å². The van der Waals surface area contributed by atoms with Crippen LogP contribution in [0, 0.1) is 12.8 Å². The Labute approximate surface area is 108 Å². The fourth-order valence-corrected chi connectivity index (χ4v) is 2.39. The van der Waals surface area contributed by atoms with Gasteiger partial charge in [-0.1, -0.05) is 25.3 Å². The molecule has 0 N–H and O–H groups in total. The first-order valence-electron chi connectivity index (χ1n) is 6.57. The van der Waals surface area contributed by atoms with Gasteiger partial charge < -0.3 is 9.47 Å². The second-order valence-corrected chi connectivity index (χ2v) is 4.91. The monoisotopic (exact) mass is 248 g/mol. The summed E-state index contributed by atoms with van der Waals surface area (Å²) < 4.78 is 10.7. The summed E-state index contributed by atoms with van der Waals surface area (Å²) in [4.78, 5) is 12.0. The summed E-state index contributed by atoms with van der Waals surface area (Å²) >= 11 is 0. The van der Waals surface area contributed by atoms with Crippen molar-refractivity contribution in [1.29, 1.82) is 0 Å². The molecule has 1 fully saturated rings. The van der Waals surface area contributed by atoms with Gasteiger partial charge in [0.25, 0.3) is 0 Å². The van der Waals surface area contributed by atoms with Crippen LogP contribution in [-0.4, -0.2) is 13.1 Å². The quantitative estimate of drug-likeness (QED) is 0.606. The summed E-state index contributed by atoms with van der Waals surface area (Å²) in [6.07, 6.45) is 5.40. The largest absolute Gasteiger partial charge is 0.493 e. The molecule has 18 heavy (non-hydrogen) atoms. The summed E-state index contributed by atoms with van der Waals surface area (Å²) in [7, 11) is 1.59. The third-order valence-electron chi connectivity index (χ3n) is 3.47. The number of hydrogen-bond donors (Lipinski definition) is 0. The molecule has 1 aliphatic rings. The summed E-state index contributed by atoms with van der Waals surface area (Å²) in [6, 6.07) is 5.60. The van der Waals surface area contributed by atoms with Gasteiger partial charge in [-0.05, 0) is 37.5 Å². The van der Waals surface area contributed by atoms with E-state index >= 15 is 0 Å². The maximum atomic E-state index is 12.0. The van der Waals surface area contributed by atoms with E-state index in [2.05, 4.69) is 0 Å². The Morgan fingerprint density at radius 1 is 1.17 bits per heavy atom. The molecule has 0 radical (unpaired) electrons. The lowest BCUT2D eigenvalue weighted by molar-refractivity contribution is -0.140. The Bertz CT molecular complexity index is 420. The molecular weight excluding hydrogens is 228 g/mol. The van der Waals surface area contributed by atoms with Crippen LogP contribution in [0.4, 0.5) is 0 Å². The van der Waals surface area contributed by atoms with Gasteiger partial charge in [-0.2, -0.15) is 0 Å². The van der Waals surface area contributed by atoms with Crippen LogP contribution in [0.5, 0.6) is 11.5 Å². The van der Waals surface area contributed by atoms with Crippen molar-refractivity contribution in [3.05, 3.63) is 23.8 Å². The van der Waals surface area contributed by atoms with Gasteiger partial charge in [-0.25, -0.2) is 0 Å². The number of carbonyl (C=O) groups excluding carboxylic acids is 1. The lowest BCUT2D eigenvalue weighted by Gasteiger charge is -2.20. The molecule has 3 heteroatoms. The fourth-order valence-electron chi connectivity index (χ4n) is 2.39. The molecule has 2 rings (SSSR count). The van der Waals surface area contributed by atoms with Crippen molar-refractivity contribution in [3.63, 3.8) is 0 Å². The Morgan fingerprint density at radius 2 is 1.89 bits per heavy atom. The van der Waals surface area contributed by atoms with Crippen molar-refractivity contribution >= 4 is 5.97 Å². The van der Waals surface area contributed by atoms with Gasteiger partial charge in [0.05, 0.1) is 13.0 Å². The first-order valence-corrected chi connectivity index (χ1v) is 6.57. The number of aryl methyl sites for hydroxylation is 1. The maximum Gasteiger partial charge on any atom is 0.314 e. The Hall–Kier alpha value is -1.51. The standard InChI is InChI=1S/C15H20O3/c1-11-8-9-13(14(10-11)17-2)18-15(16)12-6-4-3-5-7-12/h8-10,12H,3-7H2,1-2H3. The van der Waals surface area contributed by atoms with Crippen molar-refractivity contribution in [2.45, 2.75) is 39.0 Å². The number of esters is 1. The number of rotatable bonds is 3. The lowest BCUT2D eigenvalue weighted by Crippen LogP contribution is -2.22. The SMILES string of the molecule is COc1cc(C)ccc1OC(=O)C1CCCCC1.